The van der Waals surface area contributed by atoms with E-state index in [1.54, 1.807) is 0 Å². The lowest BCUT2D eigenvalue weighted by Gasteiger charge is -2.09. The van der Waals surface area contributed by atoms with E-state index in [9.17, 15) is 0 Å². The fourth-order valence-electron chi connectivity index (χ4n) is 1.28. The standard InChI is InChI=1S/C7H14O/c1-3-7-6(2)4-5-8-7/h6-7H,3-5H2,1-2H3/t6?,7-/m1/s1. The highest BCUT2D eigenvalue weighted by Gasteiger charge is 2.21. The van der Waals surface area contributed by atoms with Gasteiger partial charge in [0.1, 0.15) is 0 Å². The Morgan fingerprint density at radius 2 is 2.38 bits per heavy atom. The van der Waals surface area contributed by atoms with Crippen molar-refractivity contribution in [2.75, 3.05) is 6.61 Å². The van der Waals surface area contributed by atoms with Crippen molar-refractivity contribution in [1.82, 2.24) is 0 Å². The van der Waals surface area contributed by atoms with Crippen LogP contribution in [0.15, 0.2) is 0 Å². The maximum absolute atomic E-state index is 5.41. The van der Waals surface area contributed by atoms with Crippen LogP contribution in [0.2, 0.25) is 0 Å². The lowest BCUT2D eigenvalue weighted by Crippen LogP contribution is -2.10. The summed E-state index contributed by atoms with van der Waals surface area (Å²) < 4.78 is 5.41. The summed E-state index contributed by atoms with van der Waals surface area (Å²) in [6.07, 6.45) is 3.01. The van der Waals surface area contributed by atoms with E-state index in [0.29, 0.717) is 6.10 Å². The maximum Gasteiger partial charge on any atom is 0.0598 e. The molecule has 1 aliphatic heterocycles. The van der Waals surface area contributed by atoms with Crippen LogP contribution in [0.5, 0.6) is 0 Å². The first-order valence-corrected chi connectivity index (χ1v) is 3.46. The van der Waals surface area contributed by atoms with Crippen LogP contribution in [0.4, 0.5) is 0 Å². The first-order valence-electron chi connectivity index (χ1n) is 3.46. The Hall–Kier alpha value is -0.0400. The maximum atomic E-state index is 5.41. The molecule has 1 unspecified atom stereocenters. The van der Waals surface area contributed by atoms with E-state index < -0.39 is 0 Å². The van der Waals surface area contributed by atoms with Gasteiger partial charge in [-0.1, -0.05) is 13.8 Å². The molecular formula is C7H14O. The van der Waals surface area contributed by atoms with Gasteiger partial charge in [0, 0.05) is 6.61 Å². The molecule has 0 aromatic carbocycles. The Balaban J connectivity index is 2.30. The first-order chi connectivity index (χ1) is 3.84. The highest BCUT2D eigenvalue weighted by Crippen LogP contribution is 2.21. The SMILES string of the molecule is CC[C@H]1OCCC1C. The third kappa shape index (κ3) is 1.03. The van der Waals surface area contributed by atoms with Crippen molar-refractivity contribution >= 4 is 0 Å². The summed E-state index contributed by atoms with van der Waals surface area (Å²) in [7, 11) is 0. The lowest BCUT2D eigenvalue weighted by atomic mass is 10.0. The van der Waals surface area contributed by atoms with Crippen molar-refractivity contribution < 1.29 is 4.74 Å². The van der Waals surface area contributed by atoms with E-state index >= 15 is 0 Å². The van der Waals surface area contributed by atoms with Gasteiger partial charge in [-0.05, 0) is 18.8 Å². The minimum Gasteiger partial charge on any atom is -0.378 e. The van der Waals surface area contributed by atoms with Crippen molar-refractivity contribution in [3.05, 3.63) is 0 Å². The highest BCUT2D eigenvalue weighted by molar-refractivity contribution is 4.70. The first kappa shape index (κ1) is 6.09. The molecule has 1 aliphatic rings. The number of ether oxygens (including phenoxy) is 1. The summed E-state index contributed by atoms with van der Waals surface area (Å²) in [4.78, 5) is 0. The van der Waals surface area contributed by atoms with Crippen LogP contribution in [0.3, 0.4) is 0 Å². The zero-order chi connectivity index (χ0) is 5.98. The normalized spacial score (nSPS) is 38.2. The molecule has 0 spiro atoms. The van der Waals surface area contributed by atoms with Crippen molar-refractivity contribution in [1.29, 1.82) is 0 Å². The molecule has 1 heterocycles. The molecule has 0 amide bonds. The summed E-state index contributed by atoms with van der Waals surface area (Å²) in [6.45, 7) is 5.44. The fraction of sp³-hybridized carbons (Fsp3) is 1.00. The Morgan fingerprint density at radius 1 is 1.62 bits per heavy atom. The monoisotopic (exact) mass is 114 g/mol. The second-order valence-corrected chi connectivity index (χ2v) is 2.58. The molecular weight excluding hydrogens is 100 g/mol. The van der Waals surface area contributed by atoms with E-state index in [0.717, 1.165) is 12.5 Å². The molecule has 1 heteroatoms. The van der Waals surface area contributed by atoms with Crippen molar-refractivity contribution in [3.8, 4) is 0 Å². The molecule has 1 fully saturated rings. The van der Waals surface area contributed by atoms with E-state index in [1.807, 2.05) is 0 Å². The molecule has 1 nitrogen and oxygen atoms in total. The van der Waals surface area contributed by atoms with Gasteiger partial charge in [0.05, 0.1) is 6.10 Å². The topological polar surface area (TPSA) is 9.23 Å². The highest BCUT2D eigenvalue weighted by atomic mass is 16.5. The van der Waals surface area contributed by atoms with Crippen LogP contribution >= 0.6 is 0 Å². The molecule has 1 rings (SSSR count). The molecule has 0 aliphatic carbocycles. The average molecular weight is 114 g/mol. The van der Waals surface area contributed by atoms with Crippen molar-refractivity contribution in [2.45, 2.75) is 32.8 Å². The fourth-order valence-corrected chi connectivity index (χ4v) is 1.28. The minimum atomic E-state index is 0.565. The summed E-state index contributed by atoms with van der Waals surface area (Å²) in [5.74, 6) is 0.806. The van der Waals surface area contributed by atoms with Gasteiger partial charge in [0.2, 0.25) is 0 Å². The molecule has 0 radical (unpaired) electrons. The Bertz CT molecular complexity index is 70.8. The Morgan fingerprint density at radius 3 is 2.62 bits per heavy atom. The number of hydrogen-bond donors (Lipinski definition) is 0. The van der Waals surface area contributed by atoms with E-state index in [4.69, 9.17) is 4.74 Å². The molecule has 0 aromatic rings. The number of rotatable bonds is 1. The van der Waals surface area contributed by atoms with Crippen LogP contribution in [0, 0.1) is 5.92 Å². The molecule has 2 atom stereocenters. The summed E-state index contributed by atoms with van der Waals surface area (Å²) in [5.41, 5.74) is 0. The van der Waals surface area contributed by atoms with Gasteiger partial charge in [0.15, 0.2) is 0 Å². The predicted octanol–water partition coefficient (Wildman–Crippen LogP) is 1.82. The third-order valence-electron chi connectivity index (χ3n) is 1.94. The smallest absolute Gasteiger partial charge is 0.0598 e. The van der Waals surface area contributed by atoms with Gasteiger partial charge < -0.3 is 4.74 Å². The van der Waals surface area contributed by atoms with Crippen molar-refractivity contribution in [2.24, 2.45) is 5.92 Å². The van der Waals surface area contributed by atoms with Gasteiger partial charge in [-0.15, -0.1) is 0 Å². The van der Waals surface area contributed by atoms with E-state index in [2.05, 4.69) is 13.8 Å². The second-order valence-electron chi connectivity index (χ2n) is 2.58. The third-order valence-corrected chi connectivity index (χ3v) is 1.94. The molecule has 8 heavy (non-hydrogen) atoms. The summed E-state index contributed by atoms with van der Waals surface area (Å²) in [5, 5.41) is 0. The lowest BCUT2D eigenvalue weighted by molar-refractivity contribution is 0.0912. The molecule has 0 bridgehead atoms. The molecule has 0 N–H and O–H groups in total. The Labute approximate surface area is 51.0 Å². The van der Waals surface area contributed by atoms with E-state index in [-0.39, 0.29) is 0 Å². The van der Waals surface area contributed by atoms with Crippen LogP contribution < -0.4 is 0 Å². The molecule has 48 valence electrons. The zero-order valence-electron chi connectivity index (χ0n) is 5.68. The molecule has 0 aromatic heterocycles. The summed E-state index contributed by atoms with van der Waals surface area (Å²) >= 11 is 0. The second kappa shape index (κ2) is 2.49. The Kier molecular flexibility index (Phi) is 1.90. The van der Waals surface area contributed by atoms with Crippen LogP contribution in [-0.2, 0) is 4.74 Å². The van der Waals surface area contributed by atoms with Gasteiger partial charge >= 0.3 is 0 Å². The van der Waals surface area contributed by atoms with Crippen LogP contribution in [-0.4, -0.2) is 12.7 Å². The predicted molar refractivity (Wildman–Crippen MR) is 33.8 cm³/mol. The van der Waals surface area contributed by atoms with Gasteiger partial charge in [-0.25, -0.2) is 0 Å². The largest absolute Gasteiger partial charge is 0.378 e. The van der Waals surface area contributed by atoms with Gasteiger partial charge in [-0.2, -0.15) is 0 Å². The average Bonchev–Trinajstić information content (AvgIpc) is 2.14. The van der Waals surface area contributed by atoms with E-state index in [1.165, 1.54) is 12.8 Å². The van der Waals surface area contributed by atoms with Crippen LogP contribution in [0.1, 0.15) is 26.7 Å². The minimum absolute atomic E-state index is 0.565. The quantitative estimate of drug-likeness (QED) is 0.505. The molecule has 0 saturated carbocycles. The van der Waals surface area contributed by atoms with Crippen LogP contribution in [0.25, 0.3) is 0 Å². The zero-order valence-corrected chi connectivity index (χ0v) is 5.68. The number of hydrogen-bond acceptors (Lipinski definition) is 1. The summed E-state index contributed by atoms with van der Waals surface area (Å²) in [6, 6.07) is 0. The van der Waals surface area contributed by atoms with Crippen molar-refractivity contribution in [3.63, 3.8) is 0 Å². The van der Waals surface area contributed by atoms with Gasteiger partial charge in [0.25, 0.3) is 0 Å². The molecule has 1 saturated heterocycles. The van der Waals surface area contributed by atoms with Gasteiger partial charge in [-0.3, -0.25) is 0 Å².